The molecular weight excluding hydrogens is 877 g/mol. The van der Waals surface area contributed by atoms with Crippen molar-refractivity contribution in [2.24, 2.45) is 5.41 Å². The normalized spacial score (nSPS) is 15.5. The Labute approximate surface area is 336 Å². The average Bonchev–Trinajstić information content (AvgIpc) is 3.78. The van der Waals surface area contributed by atoms with Gasteiger partial charge in [-0.2, -0.15) is 0 Å². The van der Waals surface area contributed by atoms with Crippen LogP contribution in [0.25, 0.3) is 85.8 Å². The monoisotopic (exact) mass is 914 g/mol. The van der Waals surface area contributed by atoms with E-state index >= 15 is 0 Å². The Morgan fingerprint density at radius 3 is 1.61 bits per heavy atom. The number of aromatic nitrogens is 4. The van der Waals surface area contributed by atoms with Gasteiger partial charge in [-0.15, -0.1) is 57.6 Å². The quantitative estimate of drug-likeness (QED) is 0.165. The van der Waals surface area contributed by atoms with E-state index in [9.17, 15) is 0 Å². The standard InChI is InChI=1S/C47H37N4S2.Ir/c1-45(2)35-23-21-27(25-36(35)46(3,4)47(45,5)6)37-24-22-28(26-48-37)42-49-43(33-17-11-15-31-29-13-7-9-19-38(29)52-40(31)33)51-44(50-42)34-18-12-16-32-30-14-8-10-20-39(30)53-41(32)34;/h7-20,22-26H,1-6H3;/q-1;. The van der Waals surface area contributed by atoms with Gasteiger partial charge < -0.3 is 4.98 Å². The molecule has 0 spiro atoms. The van der Waals surface area contributed by atoms with Crippen LogP contribution < -0.4 is 0 Å². The average molecular weight is 914 g/mol. The summed E-state index contributed by atoms with van der Waals surface area (Å²) in [5, 5.41) is 4.92. The molecule has 7 heteroatoms. The summed E-state index contributed by atoms with van der Waals surface area (Å²) in [7, 11) is 0. The maximum Gasteiger partial charge on any atom is 0.165 e. The summed E-state index contributed by atoms with van der Waals surface area (Å²) in [4.78, 5) is 20.6. The van der Waals surface area contributed by atoms with Crippen LogP contribution in [0.1, 0.15) is 52.7 Å². The first-order valence-electron chi connectivity index (χ1n) is 18.1. The van der Waals surface area contributed by atoms with Crippen molar-refractivity contribution in [2.75, 3.05) is 0 Å². The van der Waals surface area contributed by atoms with Crippen LogP contribution >= 0.6 is 22.7 Å². The molecule has 54 heavy (non-hydrogen) atoms. The second-order valence-electron chi connectivity index (χ2n) is 15.8. The van der Waals surface area contributed by atoms with Crippen LogP contribution in [-0.2, 0) is 30.9 Å². The Kier molecular flexibility index (Phi) is 8.08. The largest absolute Gasteiger partial charge is 0.304 e. The smallest absolute Gasteiger partial charge is 0.165 e. The molecule has 1 radical (unpaired) electrons. The minimum Gasteiger partial charge on any atom is -0.304 e. The first-order chi connectivity index (χ1) is 25.5. The predicted octanol–water partition coefficient (Wildman–Crippen LogP) is 13.1. The van der Waals surface area contributed by atoms with E-state index in [1.54, 1.807) is 22.7 Å². The van der Waals surface area contributed by atoms with Gasteiger partial charge in [-0.25, -0.2) is 15.0 Å². The molecule has 267 valence electrons. The summed E-state index contributed by atoms with van der Waals surface area (Å²) in [6.45, 7) is 14.2. The van der Waals surface area contributed by atoms with Gasteiger partial charge >= 0.3 is 0 Å². The van der Waals surface area contributed by atoms with Crippen molar-refractivity contribution in [3.8, 4) is 45.4 Å². The second-order valence-corrected chi connectivity index (χ2v) is 18.0. The van der Waals surface area contributed by atoms with Crippen LogP contribution in [0, 0.1) is 11.5 Å². The summed E-state index contributed by atoms with van der Waals surface area (Å²) in [6, 6.07) is 42.3. The van der Waals surface area contributed by atoms with Gasteiger partial charge in [0.15, 0.2) is 17.5 Å². The van der Waals surface area contributed by atoms with Gasteiger partial charge in [0.2, 0.25) is 0 Å². The van der Waals surface area contributed by atoms with Crippen molar-refractivity contribution in [3.63, 3.8) is 0 Å². The summed E-state index contributed by atoms with van der Waals surface area (Å²) in [6.07, 6.45) is 1.90. The molecule has 0 amide bonds. The van der Waals surface area contributed by atoms with Crippen molar-refractivity contribution in [1.29, 1.82) is 0 Å². The molecule has 0 aliphatic heterocycles. The third kappa shape index (κ3) is 5.02. The zero-order valence-corrected chi connectivity index (χ0v) is 34.9. The van der Waals surface area contributed by atoms with Crippen molar-refractivity contribution < 1.29 is 20.1 Å². The Morgan fingerprint density at radius 1 is 0.537 bits per heavy atom. The number of nitrogens with zero attached hydrogens (tertiary/aromatic N) is 4. The van der Waals surface area contributed by atoms with E-state index in [1.807, 2.05) is 6.20 Å². The molecule has 0 fully saturated rings. The topological polar surface area (TPSA) is 51.6 Å². The Hall–Kier alpha value is -4.65. The number of hydrogen-bond donors (Lipinski definition) is 0. The third-order valence-electron chi connectivity index (χ3n) is 12.6. The number of thiophene rings is 2. The number of hydrogen-bond acceptors (Lipinski definition) is 6. The van der Waals surface area contributed by atoms with Gasteiger partial charge in [0.1, 0.15) is 0 Å². The summed E-state index contributed by atoms with van der Waals surface area (Å²) in [5.74, 6) is 1.91. The van der Waals surface area contributed by atoms with Crippen LogP contribution in [0.5, 0.6) is 0 Å². The maximum absolute atomic E-state index is 5.24. The van der Waals surface area contributed by atoms with Crippen LogP contribution in [0.3, 0.4) is 0 Å². The van der Waals surface area contributed by atoms with Crippen LogP contribution in [0.4, 0.5) is 0 Å². The van der Waals surface area contributed by atoms with Crippen LogP contribution in [0.15, 0.2) is 115 Å². The maximum atomic E-state index is 5.24. The van der Waals surface area contributed by atoms with E-state index in [1.165, 1.54) is 51.5 Å². The molecule has 1 aliphatic rings. The molecule has 0 atom stereocenters. The predicted molar refractivity (Wildman–Crippen MR) is 224 cm³/mol. The fourth-order valence-corrected chi connectivity index (χ4v) is 10.8. The van der Waals surface area contributed by atoms with Gasteiger partial charge in [-0.05, 0) is 46.2 Å². The molecule has 0 bridgehead atoms. The summed E-state index contributed by atoms with van der Waals surface area (Å²) >= 11 is 3.57. The molecule has 4 nitrogen and oxygen atoms in total. The van der Waals surface area contributed by atoms with Gasteiger partial charge in [0.05, 0.1) is 0 Å². The molecule has 5 aromatic carbocycles. The van der Waals surface area contributed by atoms with E-state index in [0.29, 0.717) is 17.5 Å². The van der Waals surface area contributed by atoms with E-state index < -0.39 is 0 Å². The van der Waals surface area contributed by atoms with Gasteiger partial charge in [-0.3, -0.25) is 0 Å². The first kappa shape index (κ1) is 35.1. The number of fused-ring (bicyclic) bond motifs is 7. The van der Waals surface area contributed by atoms with Gasteiger partial charge in [0, 0.05) is 83.3 Å². The Balaban J connectivity index is 0.00000384. The van der Waals surface area contributed by atoms with E-state index in [0.717, 1.165) is 27.9 Å². The molecule has 10 rings (SSSR count). The SMILES string of the molecule is CC1(C)c2c[c-]c(-c3ccc(-c4nc(-c5cccc6c5sc5ccccc56)nc(-c5cccc6c5sc5ccccc56)n4)cn3)cc2C(C)(C)C1(C)C.[Ir]. The summed E-state index contributed by atoms with van der Waals surface area (Å²) < 4.78 is 4.84. The first-order valence-corrected chi connectivity index (χ1v) is 19.8. The minimum absolute atomic E-state index is 0. The molecule has 1 aliphatic carbocycles. The van der Waals surface area contributed by atoms with E-state index in [-0.39, 0.29) is 36.4 Å². The molecule has 0 saturated carbocycles. The second kappa shape index (κ2) is 12.4. The Morgan fingerprint density at radius 2 is 1.06 bits per heavy atom. The molecule has 0 saturated heterocycles. The zero-order chi connectivity index (χ0) is 36.3. The van der Waals surface area contributed by atoms with Crippen LogP contribution in [0.2, 0.25) is 0 Å². The molecular formula is C47H37IrN4S2-. The van der Waals surface area contributed by atoms with Gasteiger partial charge in [-0.1, -0.05) is 114 Å². The molecule has 4 heterocycles. The van der Waals surface area contributed by atoms with Gasteiger partial charge in [0.25, 0.3) is 0 Å². The number of pyridine rings is 1. The molecule has 4 aromatic heterocycles. The number of benzene rings is 5. The van der Waals surface area contributed by atoms with Crippen LogP contribution in [-0.4, -0.2) is 19.9 Å². The van der Waals surface area contributed by atoms with Crippen molar-refractivity contribution in [3.05, 3.63) is 133 Å². The zero-order valence-electron chi connectivity index (χ0n) is 30.9. The number of rotatable bonds is 4. The minimum atomic E-state index is 0. The summed E-state index contributed by atoms with van der Waals surface area (Å²) in [5.41, 5.74) is 7.61. The molecule has 0 unspecified atom stereocenters. The molecule has 0 N–H and O–H groups in total. The van der Waals surface area contributed by atoms with Crippen molar-refractivity contribution >= 4 is 63.0 Å². The fraction of sp³-hybridized carbons (Fsp3) is 0.191. The van der Waals surface area contributed by atoms with E-state index in [4.69, 9.17) is 19.9 Å². The van der Waals surface area contributed by atoms with Crippen molar-refractivity contribution in [1.82, 2.24) is 19.9 Å². The fourth-order valence-electron chi connectivity index (χ4n) is 8.41. The van der Waals surface area contributed by atoms with E-state index in [2.05, 4.69) is 157 Å². The molecule has 9 aromatic rings. The Bertz CT molecular complexity index is 2800. The van der Waals surface area contributed by atoms with Crippen molar-refractivity contribution in [2.45, 2.75) is 52.4 Å². The third-order valence-corrected chi connectivity index (χ3v) is 15.1.